The first kappa shape index (κ1) is 13.7. The molecule has 2 aliphatic carbocycles. The van der Waals surface area contributed by atoms with Crippen LogP contribution < -0.4 is 5.32 Å². The molecule has 0 unspecified atom stereocenters. The Morgan fingerprint density at radius 3 is 2.12 bits per heavy atom. The first-order valence-corrected chi connectivity index (χ1v) is 8.11. The maximum absolute atomic E-state index is 6.28. The Morgan fingerprint density at radius 1 is 1.00 bits per heavy atom. The third-order valence-electron chi connectivity index (χ3n) is 4.85. The van der Waals surface area contributed by atoms with Crippen molar-refractivity contribution in [3.05, 3.63) is 0 Å². The van der Waals surface area contributed by atoms with Gasteiger partial charge in [-0.25, -0.2) is 0 Å². The molecular formula is C15H28ClN. The van der Waals surface area contributed by atoms with Gasteiger partial charge in [-0.05, 0) is 44.4 Å². The second-order valence-electron chi connectivity index (χ2n) is 6.43. The summed E-state index contributed by atoms with van der Waals surface area (Å²) in [7, 11) is 0. The van der Waals surface area contributed by atoms with Gasteiger partial charge in [0.2, 0.25) is 0 Å². The summed E-state index contributed by atoms with van der Waals surface area (Å²) >= 11 is 6.28. The van der Waals surface area contributed by atoms with Crippen molar-refractivity contribution in [2.24, 2.45) is 5.92 Å². The predicted octanol–water partition coefficient (Wildman–Crippen LogP) is 4.49. The molecule has 0 aromatic carbocycles. The van der Waals surface area contributed by atoms with E-state index >= 15 is 0 Å². The molecule has 0 spiro atoms. The van der Waals surface area contributed by atoms with Crippen molar-refractivity contribution in [1.29, 1.82) is 0 Å². The van der Waals surface area contributed by atoms with Crippen LogP contribution in [0, 0.1) is 5.92 Å². The molecule has 1 nitrogen and oxygen atoms in total. The van der Waals surface area contributed by atoms with Gasteiger partial charge in [-0.3, -0.25) is 0 Å². The zero-order valence-corrected chi connectivity index (χ0v) is 12.1. The standard InChI is InChI=1S/C15H28ClN/c1-13-8-10-15(12-16,11-9-13)17-14-6-4-2-3-5-7-14/h13-14,17H,2-12H2,1H3. The summed E-state index contributed by atoms with van der Waals surface area (Å²) in [5, 5.41) is 3.95. The van der Waals surface area contributed by atoms with E-state index in [1.165, 1.54) is 64.2 Å². The van der Waals surface area contributed by atoms with Crippen LogP contribution in [0.2, 0.25) is 0 Å². The number of alkyl halides is 1. The van der Waals surface area contributed by atoms with E-state index in [0.29, 0.717) is 0 Å². The van der Waals surface area contributed by atoms with Gasteiger partial charge in [0.15, 0.2) is 0 Å². The van der Waals surface area contributed by atoms with E-state index in [4.69, 9.17) is 11.6 Å². The van der Waals surface area contributed by atoms with Crippen LogP contribution in [0.4, 0.5) is 0 Å². The Hall–Kier alpha value is 0.250. The zero-order chi connectivity index (χ0) is 12.1. The van der Waals surface area contributed by atoms with Gasteiger partial charge in [-0.1, -0.05) is 32.6 Å². The van der Waals surface area contributed by atoms with Crippen LogP contribution in [0.5, 0.6) is 0 Å². The molecule has 2 saturated carbocycles. The lowest BCUT2D eigenvalue weighted by atomic mass is 9.77. The average Bonchev–Trinajstić information content (AvgIpc) is 2.61. The summed E-state index contributed by atoms with van der Waals surface area (Å²) in [4.78, 5) is 0. The minimum atomic E-state index is 0.267. The summed E-state index contributed by atoms with van der Waals surface area (Å²) in [6, 6.07) is 0.740. The fourth-order valence-electron chi connectivity index (χ4n) is 3.49. The lowest BCUT2D eigenvalue weighted by molar-refractivity contribution is 0.191. The summed E-state index contributed by atoms with van der Waals surface area (Å²) in [6.45, 7) is 2.38. The SMILES string of the molecule is CC1CCC(CCl)(NC2CCCCCC2)CC1. The highest BCUT2D eigenvalue weighted by Gasteiger charge is 2.34. The van der Waals surface area contributed by atoms with E-state index in [-0.39, 0.29) is 5.54 Å². The molecule has 0 radical (unpaired) electrons. The Labute approximate surface area is 112 Å². The summed E-state index contributed by atoms with van der Waals surface area (Å²) < 4.78 is 0. The molecule has 0 atom stereocenters. The van der Waals surface area contributed by atoms with E-state index < -0.39 is 0 Å². The Morgan fingerprint density at radius 2 is 1.59 bits per heavy atom. The van der Waals surface area contributed by atoms with Crippen LogP contribution in [0.1, 0.15) is 71.1 Å². The van der Waals surface area contributed by atoms with Gasteiger partial charge in [0, 0.05) is 17.5 Å². The second-order valence-corrected chi connectivity index (χ2v) is 6.70. The number of hydrogen-bond donors (Lipinski definition) is 1. The molecule has 0 aromatic heterocycles. The molecule has 0 amide bonds. The first-order valence-electron chi connectivity index (χ1n) is 7.58. The summed E-state index contributed by atoms with van der Waals surface area (Å²) in [6.07, 6.45) is 13.7. The fourth-order valence-corrected chi connectivity index (χ4v) is 3.83. The third kappa shape index (κ3) is 3.86. The third-order valence-corrected chi connectivity index (χ3v) is 5.36. The van der Waals surface area contributed by atoms with Crippen molar-refractivity contribution < 1.29 is 0 Å². The maximum atomic E-state index is 6.28. The monoisotopic (exact) mass is 257 g/mol. The van der Waals surface area contributed by atoms with Crippen molar-refractivity contribution in [2.75, 3.05) is 5.88 Å². The van der Waals surface area contributed by atoms with Crippen molar-refractivity contribution >= 4 is 11.6 Å². The highest BCUT2D eigenvalue weighted by Crippen LogP contribution is 2.34. The van der Waals surface area contributed by atoms with Crippen LogP contribution in [-0.4, -0.2) is 17.5 Å². The average molecular weight is 258 g/mol. The summed E-state index contributed by atoms with van der Waals surface area (Å²) in [5.74, 6) is 1.71. The molecule has 0 bridgehead atoms. The number of nitrogens with one attached hydrogen (secondary N) is 1. The Bertz CT molecular complexity index is 213. The predicted molar refractivity (Wildman–Crippen MR) is 75.7 cm³/mol. The van der Waals surface area contributed by atoms with Gasteiger partial charge in [0.1, 0.15) is 0 Å². The summed E-state index contributed by atoms with van der Waals surface area (Å²) in [5.41, 5.74) is 0.267. The van der Waals surface area contributed by atoms with E-state index in [1.54, 1.807) is 0 Å². The molecule has 0 aliphatic heterocycles. The molecule has 1 N–H and O–H groups in total. The molecule has 2 heteroatoms. The van der Waals surface area contributed by atoms with Gasteiger partial charge >= 0.3 is 0 Å². The molecule has 17 heavy (non-hydrogen) atoms. The molecule has 2 rings (SSSR count). The van der Waals surface area contributed by atoms with E-state index in [9.17, 15) is 0 Å². The van der Waals surface area contributed by atoms with Gasteiger partial charge in [-0.15, -0.1) is 11.6 Å². The zero-order valence-electron chi connectivity index (χ0n) is 11.3. The van der Waals surface area contributed by atoms with Gasteiger partial charge in [0.25, 0.3) is 0 Å². The van der Waals surface area contributed by atoms with Crippen LogP contribution in [-0.2, 0) is 0 Å². The van der Waals surface area contributed by atoms with Crippen LogP contribution in [0.3, 0.4) is 0 Å². The minimum absolute atomic E-state index is 0.267. The first-order chi connectivity index (χ1) is 8.24. The van der Waals surface area contributed by atoms with Crippen molar-refractivity contribution in [3.63, 3.8) is 0 Å². The number of hydrogen-bond acceptors (Lipinski definition) is 1. The van der Waals surface area contributed by atoms with E-state index in [0.717, 1.165) is 17.8 Å². The van der Waals surface area contributed by atoms with Crippen molar-refractivity contribution in [3.8, 4) is 0 Å². The van der Waals surface area contributed by atoms with Crippen LogP contribution in [0.25, 0.3) is 0 Å². The normalized spacial score (nSPS) is 36.7. The highest BCUT2D eigenvalue weighted by atomic mass is 35.5. The van der Waals surface area contributed by atoms with Crippen LogP contribution >= 0.6 is 11.6 Å². The topological polar surface area (TPSA) is 12.0 Å². The number of rotatable bonds is 3. The Kier molecular flexibility index (Phi) is 5.17. The lowest BCUT2D eigenvalue weighted by Crippen LogP contribution is -2.53. The van der Waals surface area contributed by atoms with Crippen LogP contribution in [0.15, 0.2) is 0 Å². The molecule has 2 aliphatic rings. The molecule has 0 heterocycles. The molecule has 0 saturated heterocycles. The van der Waals surface area contributed by atoms with Gasteiger partial charge < -0.3 is 5.32 Å². The quantitative estimate of drug-likeness (QED) is 0.580. The maximum Gasteiger partial charge on any atom is 0.0406 e. The van der Waals surface area contributed by atoms with Crippen molar-refractivity contribution in [1.82, 2.24) is 5.32 Å². The van der Waals surface area contributed by atoms with E-state index in [1.807, 2.05) is 0 Å². The van der Waals surface area contributed by atoms with Gasteiger partial charge in [-0.2, -0.15) is 0 Å². The smallest absolute Gasteiger partial charge is 0.0406 e. The van der Waals surface area contributed by atoms with Crippen molar-refractivity contribution in [2.45, 2.75) is 82.7 Å². The van der Waals surface area contributed by atoms with E-state index in [2.05, 4.69) is 12.2 Å². The second kappa shape index (κ2) is 6.43. The minimum Gasteiger partial charge on any atom is -0.307 e. The highest BCUT2D eigenvalue weighted by molar-refractivity contribution is 6.18. The molecule has 100 valence electrons. The number of halogens is 1. The lowest BCUT2D eigenvalue weighted by Gasteiger charge is -2.41. The molecular weight excluding hydrogens is 230 g/mol. The van der Waals surface area contributed by atoms with Gasteiger partial charge in [0.05, 0.1) is 0 Å². The Balaban J connectivity index is 1.89. The fraction of sp³-hybridized carbons (Fsp3) is 1.00. The largest absolute Gasteiger partial charge is 0.307 e. The molecule has 2 fully saturated rings. The molecule has 0 aromatic rings.